The molecule has 0 bridgehead atoms. The number of aromatic amines is 1. The minimum atomic E-state index is -1.03. The number of nitrogens with zero attached hydrogens (tertiary/aromatic N) is 1. The molecule has 2 aromatic rings. The highest BCUT2D eigenvalue weighted by Crippen LogP contribution is 2.28. The van der Waals surface area contributed by atoms with Gasteiger partial charge in [0.25, 0.3) is 0 Å². The number of rotatable bonds is 2. The summed E-state index contributed by atoms with van der Waals surface area (Å²) in [5, 5.41) is 8.99. The summed E-state index contributed by atoms with van der Waals surface area (Å²) in [4.78, 5) is 18.0. The highest BCUT2D eigenvalue weighted by Gasteiger charge is 2.19. The van der Waals surface area contributed by atoms with Gasteiger partial charge >= 0.3 is 5.97 Å². The predicted octanol–water partition coefficient (Wildman–Crippen LogP) is 1.67. The molecule has 0 aliphatic carbocycles. The van der Waals surface area contributed by atoms with E-state index in [0.717, 1.165) is 0 Å². The predicted molar refractivity (Wildman–Crippen MR) is 60.1 cm³/mol. The number of H-pyrrole nitrogens is 1. The van der Waals surface area contributed by atoms with E-state index in [0.29, 0.717) is 17.1 Å². The fourth-order valence-corrected chi connectivity index (χ4v) is 1.63. The Morgan fingerprint density at radius 3 is 2.75 bits per heavy atom. The number of aromatic carboxylic acids is 1. The topological polar surface area (TPSA) is 92.0 Å². The van der Waals surface area contributed by atoms with Crippen molar-refractivity contribution in [3.63, 3.8) is 0 Å². The minimum absolute atomic E-state index is 0.112. The van der Waals surface area contributed by atoms with Crippen molar-refractivity contribution < 1.29 is 9.90 Å². The summed E-state index contributed by atoms with van der Waals surface area (Å²) in [7, 11) is 0. The summed E-state index contributed by atoms with van der Waals surface area (Å²) in [6.07, 6.45) is 1.63. The first-order valence-electron chi connectivity index (χ1n) is 4.74. The highest BCUT2D eigenvalue weighted by molar-refractivity contribution is 5.99. The standard InChI is InChI=1S/C11H11N3O2/c1-6-8(11(15)16)9(12)10(14-6)7-4-2-3-5-13-7/h2-5,14H,12H2,1H3,(H,15,16). The lowest BCUT2D eigenvalue weighted by Crippen LogP contribution is -2.01. The zero-order chi connectivity index (χ0) is 11.7. The Morgan fingerprint density at radius 2 is 2.25 bits per heavy atom. The number of carbonyl (C=O) groups is 1. The molecule has 0 saturated heterocycles. The molecule has 5 nitrogen and oxygen atoms in total. The molecule has 0 amide bonds. The molecule has 5 heteroatoms. The van der Waals surface area contributed by atoms with Gasteiger partial charge in [-0.05, 0) is 19.1 Å². The van der Waals surface area contributed by atoms with Crippen molar-refractivity contribution in [2.75, 3.05) is 5.73 Å². The summed E-state index contributed by atoms with van der Waals surface area (Å²) in [6.45, 7) is 1.67. The molecule has 0 aliphatic rings. The summed E-state index contributed by atoms with van der Waals surface area (Å²) >= 11 is 0. The van der Waals surface area contributed by atoms with Crippen LogP contribution in [0.3, 0.4) is 0 Å². The van der Waals surface area contributed by atoms with Crippen LogP contribution < -0.4 is 5.73 Å². The first-order valence-corrected chi connectivity index (χ1v) is 4.74. The number of carboxylic acid groups (broad SMARTS) is 1. The average molecular weight is 217 g/mol. The largest absolute Gasteiger partial charge is 0.478 e. The highest BCUT2D eigenvalue weighted by atomic mass is 16.4. The van der Waals surface area contributed by atoms with Crippen LogP contribution in [0.25, 0.3) is 11.4 Å². The lowest BCUT2D eigenvalue weighted by atomic mass is 10.2. The van der Waals surface area contributed by atoms with E-state index in [9.17, 15) is 4.79 Å². The van der Waals surface area contributed by atoms with Crippen LogP contribution in [0.4, 0.5) is 5.69 Å². The number of carboxylic acids is 1. The van der Waals surface area contributed by atoms with Crippen molar-refractivity contribution in [1.82, 2.24) is 9.97 Å². The van der Waals surface area contributed by atoms with Crippen LogP contribution in [0.15, 0.2) is 24.4 Å². The number of aromatic nitrogens is 2. The molecule has 0 aliphatic heterocycles. The molecule has 2 rings (SSSR count). The Hall–Kier alpha value is -2.30. The molecule has 16 heavy (non-hydrogen) atoms. The third kappa shape index (κ3) is 1.52. The number of nitrogens with one attached hydrogen (secondary N) is 1. The molecule has 82 valence electrons. The molecule has 0 saturated carbocycles. The van der Waals surface area contributed by atoms with E-state index in [-0.39, 0.29) is 11.3 Å². The van der Waals surface area contributed by atoms with Crippen molar-refractivity contribution in [3.05, 3.63) is 35.7 Å². The molecule has 4 N–H and O–H groups in total. The van der Waals surface area contributed by atoms with E-state index in [4.69, 9.17) is 10.8 Å². The fraction of sp³-hybridized carbons (Fsp3) is 0.0909. The van der Waals surface area contributed by atoms with Crippen LogP contribution in [0.2, 0.25) is 0 Å². The maximum atomic E-state index is 11.0. The Morgan fingerprint density at radius 1 is 1.50 bits per heavy atom. The van der Waals surface area contributed by atoms with E-state index in [2.05, 4.69) is 9.97 Å². The average Bonchev–Trinajstić information content (AvgIpc) is 2.55. The number of pyridine rings is 1. The van der Waals surface area contributed by atoms with Crippen LogP contribution in [0.1, 0.15) is 16.1 Å². The Labute approximate surface area is 91.9 Å². The van der Waals surface area contributed by atoms with Crippen molar-refractivity contribution in [2.24, 2.45) is 0 Å². The number of hydrogen-bond acceptors (Lipinski definition) is 3. The lowest BCUT2D eigenvalue weighted by molar-refractivity contribution is 0.0697. The molecule has 2 aromatic heterocycles. The molecular weight excluding hydrogens is 206 g/mol. The van der Waals surface area contributed by atoms with E-state index < -0.39 is 5.97 Å². The fourth-order valence-electron chi connectivity index (χ4n) is 1.63. The van der Waals surface area contributed by atoms with Crippen LogP contribution in [-0.2, 0) is 0 Å². The number of nitrogens with two attached hydrogens (primary N) is 1. The van der Waals surface area contributed by atoms with Crippen molar-refractivity contribution in [3.8, 4) is 11.4 Å². The summed E-state index contributed by atoms with van der Waals surface area (Å²) < 4.78 is 0. The molecule has 2 heterocycles. The van der Waals surface area contributed by atoms with Gasteiger partial charge in [0.15, 0.2) is 0 Å². The van der Waals surface area contributed by atoms with Gasteiger partial charge in [-0.15, -0.1) is 0 Å². The molecule has 0 unspecified atom stereocenters. The van der Waals surface area contributed by atoms with E-state index in [1.807, 2.05) is 6.07 Å². The Balaban J connectivity index is 2.61. The zero-order valence-electron chi connectivity index (χ0n) is 8.69. The molecule has 0 aromatic carbocycles. The van der Waals surface area contributed by atoms with Crippen LogP contribution in [0, 0.1) is 6.92 Å². The second-order valence-corrected chi connectivity index (χ2v) is 3.43. The van der Waals surface area contributed by atoms with E-state index in [1.54, 1.807) is 25.3 Å². The van der Waals surface area contributed by atoms with E-state index in [1.165, 1.54) is 0 Å². The van der Waals surface area contributed by atoms with Gasteiger partial charge in [0.2, 0.25) is 0 Å². The first-order chi connectivity index (χ1) is 7.61. The normalized spacial score (nSPS) is 10.3. The smallest absolute Gasteiger partial charge is 0.339 e. The van der Waals surface area contributed by atoms with Gasteiger partial charge in [-0.1, -0.05) is 6.07 Å². The molecular formula is C11H11N3O2. The zero-order valence-corrected chi connectivity index (χ0v) is 8.69. The number of hydrogen-bond donors (Lipinski definition) is 3. The van der Waals surface area contributed by atoms with Crippen LogP contribution in [0.5, 0.6) is 0 Å². The lowest BCUT2D eigenvalue weighted by Gasteiger charge is -1.98. The van der Waals surface area contributed by atoms with Crippen LogP contribution >= 0.6 is 0 Å². The number of anilines is 1. The van der Waals surface area contributed by atoms with Crippen molar-refractivity contribution >= 4 is 11.7 Å². The van der Waals surface area contributed by atoms with Gasteiger partial charge in [-0.2, -0.15) is 0 Å². The maximum Gasteiger partial charge on any atom is 0.339 e. The second-order valence-electron chi connectivity index (χ2n) is 3.43. The van der Waals surface area contributed by atoms with Gasteiger partial charge in [0.05, 0.1) is 17.1 Å². The SMILES string of the molecule is Cc1[nH]c(-c2ccccn2)c(N)c1C(=O)O. The van der Waals surface area contributed by atoms with Gasteiger partial charge in [0.1, 0.15) is 5.56 Å². The molecule has 0 radical (unpaired) electrons. The van der Waals surface area contributed by atoms with Gasteiger partial charge < -0.3 is 15.8 Å². The molecule has 0 spiro atoms. The number of aryl methyl sites for hydroxylation is 1. The second kappa shape index (κ2) is 3.69. The molecule has 0 fully saturated rings. The third-order valence-electron chi connectivity index (χ3n) is 2.36. The minimum Gasteiger partial charge on any atom is -0.478 e. The maximum absolute atomic E-state index is 11.0. The van der Waals surface area contributed by atoms with Crippen LogP contribution in [-0.4, -0.2) is 21.0 Å². The third-order valence-corrected chi connectivity index (χ3v) is 2.36. The van der Waals surface area contributed by atoms with Gasteiger partial charge in [-0.3, -0.25) is 4.98 Å². The summed E-state index contributed by atoms with van der Waals surface area (Å²) in [5.74, 6) is -1.03. The number of nitrogen functional groups attached to an aromatic ring is 1. The quantitative estimate of drug-likeness (QED) is 0.713. The monoisotopic (exact) mass is 217 g/mol. The first kappa shape index (κ1) is 10.2. The van der Waals surface area contributed by atoms with Gasteiger partial charge in [0, 0.05) is 11.9 Å². The molecule has 0 atom stereocenters. The van der Waals surface area contributed by atoms with Crippen molar-refractivity contribution in [2.45, 2.75) is 6.92 Å². The Bertz CT molecular complexity index is 532. The Kier molecular flexibility index (Phi) is 2.36. The summed E-state index contributed by atoms with van der Waals surface area (Å²) in [5.41, 5.74) is 7.84. The summed E-state index contributed by atoms with van der Waals surface area (Å²) in [6, 6.07) is 5.37. The van der Waals surface area contributed by atoms with E-state index >= 15 is 0 Å². The van der Waals surface area contributed by atoms with Gasteiger partial charge in [-0.25, -0.2) is 4.79 Å². The van der Waals surface area contributed by atoms with Crippen molar-refractivity contribution in [1.29, 1.82) is 0 Å².